The molecule has 2 aromatic rings. The van der Waals surface area contributed by atoms with Gasteiger partial charge in [-0.3, -0.25) is 9.59 Å². The zero-order chi connectivity index (χ0) is 23.2. The molecule has 2 amide bonds. The van der Waals surface area contributed by atoms with Crippen molar-refractivity contribution in [2.24, 2.45) is 0 Å². The first-order chi connectivity index (χ1) is 14.4. The van der Waals surface area contributed by atoms with Gasteiger partial charge in [-0.05, 0) is 58.4 Å². The second-order valence-corrected chi connectivity index (χ2v) is 10.2. The highest BCUT2D eigenvalue weighted by atomic mass is 32.2. The maximum absolute atomic E-state index is 13.0. The second-order valence-electron chi connectivity index (χ2n) is 8.40. The van der Waals surface area contributed by atoms with Crippen LogP contribution >= 0.6 is 0 Å². The third kappa shape index (κ3) is 7.22. The summed E-state index contributed by atoms with van der Waals surface area (Å²) >= 11 is 0. The van der Waals surface area contributed by atoms with Crippen LogP contribution in [-0.4, -0.2) is 43.3 Å². The third-order valence-electron chi connectivity index (χ3n) is 4.54. The van der Waals surface area contributed by atoms with Crippen LogP contribution in [0.25, 0.3) is 0 Å². The molecule has 0 spiro atoms. The molecule has 1 aromatic carbocycles. The van der Waals surface area contributed by atoms with Gasteiger partial charge in [0.05, 0.1) is 24.2 Å². The van der Waals surface area contributed by atoms with Gasteiger partial charge in [-0.2, -0.15) is 0 Å². The first kappa shape index (κ1) is 24.6. The van der Waals surface area contributed by atoms with Crippen molar-refractivity contribution >= 4 is 21.8 Å². The number of carbonyl (C=O) groups is 2. The molecule has 1 aromatic heterocycles. The Kier molecular flexibility index (Phi) is 8.02. The number of furan rings is 1. The van der Waals surface area contributed by atoms with Crippen LogP contribution in [0, 0.1) is 6.92 Å². The topological polar surface area (TPSA) is 109 Å². The largest absolute Gasteiger partial charge is 0.467 e. The maximum Gasteiger partial charge on any atom is 0.243 e. The molecular weight excluding hydrogens is 418 g/mol. The molecule has 0 aliphatic heterocycles. The fraction of sp³-hybridized carbons (Fsp3) is 0.455. The van der Waals surface area contributed by atoms with E-state index in [-0.39, 0.29) is 17.3 Å². The average Bonchev–Trinajstić information content (AvgIpc) is 3.18. The number of hydrogen-bond donors (Lipinski definition) is 2. The highest BCUT2D eigenvalue weighted by Crippen LogP contribution is 2.15. The second kappa shape index (κ2) is 10.1. The van der Waals surface area contributed by atoms with Gasteiger partial charge in [0, 0.05) is 5.54 Å². The van der Waals surface area contributed by atoms with E-state index in [0.717, 1.165) is 5.56 Å². The van der Waals surface area contributed by atoms with E-state index < -0.39 is 34.1 Å². The molecule has 0 saturated heterocycles. The number of sulfonamides is 1. The summed E-state index contributed by atoms with van der Waals surface area (Å²) in [5.41, 5.74) is 0.451. The van der Waals surface area contributed by atoms with Gasteiger partial charge in [0.25, 0.3) is 0 Å². The Morgan fingerprint density at radius 1 is 1.13 bits per heavy atom. The number of nitrogens with zero attached hydrogens (tertiary/aromatic N) is 1. The van der Waals surface area contributed by atoms with Gasteiger partial charge in [-0.25, -0.2) is 13.1 Å². The van der Waals surface area contributed by atoms with Crippen molar-refractivity contribution < 1.29 is 22.4 Å². The number of hydrogen-bond acceptors (Lipinski definition) is 5. The lowest BCUT2D eigenvalue weighted by Gasteiger charge is -2.32. The fourth-order valence-corrected chi connectivity index (χ4v) is 3.98. The van der Waals surface area contributed by atoms with Crippen LogP contribution < -0.4 is 10.0 Å². The Balaban J connectivity index is 2.21. The smallest absolute Gasteiger partial charge is 0.243 e. The first-order valence-corrected chi connectivity index (χ1v) is 11.6. The maximum atomic E-state index is 13.0. The summed E-state index contributed by atoms with van der Waals surface area (Å²) < 4.78 is 32.8. The van der Waals surface area contributed by atoms with Crippen molar-refractivity contribution in [2.75, 3.05) is 6.54 Å². The van der Waals surface area contributed by atoms with Crippen LogP contribution in [0.15, 0.2) is 52.0 Å². The van der Waals surface area contributed by atoms with Gasteiger partial charge in [0.1, 0.15) is 11.8 Å². The van der Waals surface area contributed by atoms with Crippen molar-refractivity contribution in [3.63, 3.8) is 0 Å². The SMILES string of the molecule is CC[C@@H](C(=O)NC(C)(C)C)N(Cc1ccco1)C(=O)CNS(=O)(=O)c1ccc(C)cc1. The first-order valence-electron chi connectivity index (χ1n) is 10.1. The van der Waals surface area contributed by atoms with E-state index in [4.69, 9.17) is 4.42 Å². The van der Waals surface area contributed by atoms with E-state index in [0.29, 0.717) is 12.2 Å². The predicted octanol–water partition coefficient (Wildman–Crippen LogP) is 2.59. The number of rotatable bonds is 9. The monoisotopic (exact) mass is 449 g/mol. The van der Waals surface area contributed by atoms with Crippen LogP contribution in [-0.2, 0) is 26.2 Å². The van der Waals surface area contributed by atoms with Gasteiger partial charge >= 0.3 is 0 Å². The van der Waals surface area contributed by atoms with Crippen LogP contribution in [0.5, 0.6) is 0 Å². The molecule has 2 rings (SSSR count). The molecule has 1 atom stereocenters. The minimum atomic E-state index is -3.87. The summed E-state index contributed by atoms with van der Waals surface area (Å²) in [6.45, 7) is 8.79. The highest BCUT2D eigenvalue weighted by Gasteiger charge is 2.31. The molecule has 0 bridgehead atoms. The van der Waals surface area contributed by atoms with E-state index >= 15 is 0 Å². The Morgan fingerprint density at radius 2 is 1.77 bits per heavy atom. The third-order valence-corrected chi connectivity index (χ3v) is 5.95. The molecule has 170 valence electrons. The van der Waals surface area contributed by atoms with E-state index in [9.17, 15) is 18.0 Å². The Labute approximate surface area is 184 Å². The summed E-state index contributed by atoms with van der Waals surface area (Å²) in [6.07, 6.45) is 1.84. The lowest BCUT2D eigenvalue weighted by molar-refractivity contribution is -0.141. The molecule has 0 fully saturated rings. The number of carbonyl (C=O) groups excluding carboxylic acids is 2. The van der Waals surface area contributed by atoms with Gasteiger partial charge in [0.2, 0.25) is 21.8 Å². The average molecular weight is 450 g/mol. The number of benzene rings is 1. The molecule has 0 aliphatic rings. The summed E-state index contributed by atoms with van der Waals surface area (Å²) in [7, 11) is -3.87. The lowest BCUT2D eigenvalue weighted by Crippen LogP contribution is -2.54. The van der Waals surface area contributed by atoms with Crippen LogP contribution in [0.1, 0.15) is 45.4 Å². The molecule has 0 unspecified atom stereocenters. The molecule has 0 saturated carbocycles. The molecule has 0 radical (unpaired) electrons. The molecule has 2 N–H and O–H groups in total. The Bertz CT molecular complexity index is 977. The number of nitrogens with one attached hydrogen (secondary N) is 2. The Morgan fingerprint density at radius 3 is 2.29 bits per heavy atom. The molecule has 9 heteroatoms. The van der Waals surface area contributed by atoms with Gasteiger partial charge in [0.15, 0.2) is 0 Å². The summed E-state index contributed by atoms with van der Waals surface area (Å²) in [5, 5.41) is 2.89. The summed E-state index contributed by atoms with van der Waals surface area (Å²) in [4.78, 5) is 27.3. The van der Waals surface area contributed by atoms with Crippen molar-refractivity contribution in [3.8, 4) is 0 Å². The molecule has 1 heterocycles. The number of aryl methyl sites for hydroxylation is 1. The van der Waals surface area contributed by atoms with Crippen LogP contribution in [0.3, 0.4) is 0 Å². The number of amides is 2. The van der Waals surface area contributed by atoms with E-state index in [2.05, 4.69) is 10.0 Å². The van der Waals surface area contributed by atoms with Gasteiger partial charge in [-0.1, -0.05) is 24.6 Å². The Hall–Kier alpha value is -2.65. The van der Waals surface area contributed by atoms with Crippen LogP contribution in [0.4, 0.5) is 0 Å². The fourth-order valence-electron chi connectivity index (χ4n) is 3.00. The molecule has 31 heavy (non-hydrogen) atoms. The standard InChI is InChI=1S/C22H31N3O5S/c1-6-19(21(27)24-22(3,4)5)25(15-17-8-7-13-30-17)20(26)14-23-31(28,29)18-11-9-16(2)10-12-18/h7-13,19,23H,6,14-15H2,1-5H3,(H,24,27)/t19-/m0/s1. The highest BCUT2D eigenvalue weighted by molar-refractivity contribution is 7.89. The quantitative estimate of drug-likeness (QED) is 0.612. The molecule has 0 aliphatic carbocycles. The summed E-state index contributed by atoms with van der Waals surface area (Å²) in [6, 6.07) is 8.94. The van der Waals surface area contributed by atoms with Gasteiger partial charge in [-0.15, -0.1) is 0 Å². The molecule has 8 nitrogen and oxygen atoms in total. The minimum absolute atomic E-state index is 0.0498. The lowest BCUT2D eigenvalue weighted by atomic mass is 10.1. The van der Waals surface area contributed by atoms with Gasteiger partial charge < -0.3 is 14.6 Å². The van der Waals surface area contributed by atoms with Crippen molar-refractivity contribution in [3.05, 3.63) is 54.0 Å². The zero-order valence-corrected chi connectivity index (χ0v) is 19.5. The van der Waals surface area contributed by atoms with E-state index in [1.807, 2.05) is 27.7 Å². The summed E-state index contributed by atoms with van der Waals surface area (Å²) in [5.74, 6) is -0.337. The molecular formula is C22H31N3O5S. The van der Waals surface area contributed by atoms with Crippen LogP contribution in [0.2, 0.25) is 0 Å². The van der Waals surface area contributed by atoms with Crippen molar-refractivity contribution in [1.29, 1.82) is 0 Å². The van der Waals surface area contributed by atoms with E-state index in [1.165, 1.54) is 23.3 Å². The van der Waals surface area contributed by atoms with Crippen molar-refractivity contribution in [1.82, 2.24) is 14.9 Å². The zero-order valence-electron chi connectivity index (χ0n) is 18.6. The normalized spacial score (nSPS) is 12.9. The predicted molar refractivity (Wildman–Crippen MR) is 118 cm³/mol. The van der Waals surface area contributed by atoms with Crippen molar-refractivity contribution in [2.45, 2.75) is 64.1 Å². The van der Waals surface area contributed by atoms with E-state index in [1.54, 1.807) is 31.2 Å². The minimum Gasteiger partial charge on any atom is -0.467 e.